The zero-order valence-corrected chi connectivity index (χ0v) is 19.7. The number of hydrogen-bond acceptors (Lipinski definition) is 4. The number of aromatic nitrogens is 2. The van der Waals surface area contributed by atoms with E-state index in [1.165, 1.54) is 16.7 Å². The summed E-state index contributed by atoms with van der Waals surface area (Å²) in [5.41, 5.74) is 6.07. The van der Waals surface area contributed by atoms with Crippen molar-refractivity contribution in [3.05, 3.63) is 59.2 Å². The summed E-state index contributed by atoms with van der Waals surface area (Å²) in [6.45, 7) is 8.26. The van der Waals surface area contributed by atoms with E-state index in [0.29, 0.717) is 6.54 Å². The summed E-state index contributed by atoms with van der Waals surface area (Å²) >= 11 is 0. The molecule has 33 heavy (non-hydrogen) atoms. The molecule has 0 aliphatic carbocycles. The molecule has 1 aromatic heterocycles. The number of ether oxygens (including phenoxy) is 1. The molecule has 2 aliphatic heterocycles. The highest BCUT2D eigenvalue weighted by Gasteiger charge is 2.28. The first kappa shape index (κ1) is 22.0. The molecule has 3 aromatic rings. The Hall–Kier alpha value is -2.86. The van der Waals surface area contributed by atoms with Gasteiger partial charge in [-0.15, -0.1) is 0 Å². The summed E-state index contributed by atoms with van der Waals surface area (Å²) < 4.78 is 7.98. The number of carbonyl (C=O) groups excluding carboxylic acids is 1. The van der Waals surface area contributed by atoms with Crippen molar-refractivity contribution in [2.75, 3.05) is 31.1 Å². The van der Waals surface area contributed by atoms with E-state index in [2.05, 4.69) is 65.0 Å². The Kier molecular flexibility index (Phi) is 6.36. The molecular formula is C27H34N4O2. The number of amides is 1. The number of imidazole rings is 1. The van der Waals surface area contributed by atoms with Gasteiger partial charge in [0, 0.05) is 32.2 Å². The van der Waals surface area contributed by atoms with E-state index in [1.54, 1.807) is 0 Å². The van der Waals surface area contributed by atoms with E-state index in [0.717, 1.165) is 68.9 Å². The van der Waals surface area contributed by atoms with Crippen LogP contribution in [0, 0.1) is 19.8 Å². The van der Waals surface area contributed by atoms with Crippen LogP contribution in [0.5, 0.6) is 0 Å². The van der Waals surface area contributed by atoms with Gasteiger partial charge in [0.1, 0.15) is 0 Å². The SMILES string of the molecule is Cc1ccc(C)c(Cn2c(N3CCC(C(=O)NC[C@@H]4CCCO4)CC3)nc3ccccc32)c1. The van der Waals surface area contributed by atoms with Crippen LogP contribution in [0.4, 0.5) is 5.95 Å². The molecule has 2 saturated heterocycles. The molecule has 6 heteroatoms. The Balaban J connectivity index is 1.31. The molecule has 5 rings (SSSR count). The van der Waals surface area contributed by atoms with Gasteiger partial charge >= 0.3 is 0 Å². The molecule has 0 bridgehead atoms. The van der Waals surface area contributed by atoms with Crippen LogP contribution in [0.1, 0.15) is 42.4 Å². The summed E-state index contributed by atoms with van der Waals surface area (Å²) in [5.74, 6) is 1.25. The van der Waals surface area contributed by atoms with Gasteiger partial charge in [0.2, 0.25) is 11.9 Å². The normalized spacial score (nSPS) is 19.3. The molecule has 174 valence electrons. The first-order valence-electron chi connectivity index (χ1n) is 12.2. The number of aryl methyl sites for hydroxylation is 2. The molecular weight excluding hydrogens is 412 g/mol. The molecule has 1 atom stereocenters. The fourth-order valence-corrected chi connectivity index (χ4v) is 5.11. The zero-order chi connectivity index (χ0) is 22.8. The molecule has 0 radical (unpaired) electrons. The third-order valence-corrected chi connectivity index (χ3v) is 7.14. The summed E-state index contributed by atoms with van der Waals surface area (Å²) in [7, 11) is 0. The maximum atomic E-state index is 12.7. The lowest BCUT2D eigenvalue weighted by molar-refractivity contribution is -0.126. The summed E-state index contributed by atoms with van der Waals surface area (Å²) in [6.07, 6.45) is 4.05. The third-order valence-electron chi connectivity index (χ3n) is 7.14. The van der Waals surface area contributed by atoms with Crippen LogP contribution in [0.2, 0.25) is 0 Å². The standard InChI is InChI=1S/C27H34N4O2/c1-19-9-10-20(2)22(16-19)18-31-25-8-4-3-7-24(25)29-27(31)30-13-11-21(12-14-30)26(32)28-17-23-6-5-15-33-23/h3-4,7-10,16,21,23H,5-6,11-15,17-18H2,1-2H3,(H,28,32)/t23-/m0/s1. The number of nitrogens with one attached hydrogen (secondary N) is 1. The average molecular weight is 447 g/mol. The van der Waals surface area contributed by atoms with E-state index >= 15 is 0 Å². The van der Waals surface area contributed by atoms with E-state index in [-0.39, 0.29) is 17.9 Å². The molecule has 0 saturated carbocycles. The minimum absolute atomic E-state index is 0.0690. The predicted octanol–water partition coefficient (Wildman–Crippen LogP) is 4.21. The monoisotopic (exact) mass is 446 g/mol. The lowest BCUT2D eigenvalue weighted by Crippen LogP contribution is -2.43. The number of nitrogens with zero attached hydrogens (tertiary/aromatic N) is 3. The van der Waals surface area contributed by atoms with Crippen molar-refractivity contribution < 1.29 is 9.53 Å². The lowest BCUT2D eigenvalue weighted by Gasteiger charge is -2.32. The third kappa shape index (κ3) is 4.76. The van der Waals surface area contributed by atoms with Gasteiger partial charge in [-0.1, -0.05) is 35.9 Å². The maximum Gasteiger partial charge on any atom is 0.223 e. The second-order valence-electron chi connectivity index (χ2n) is 9.56. The predicted molar refractivity (Wildman–Crippen MR) is 132 cm³/mol. The Labute approximate surface area is 195 Å². The van der Waals surface area contributed by atoms with Crippen molar-refractivity contribution in [1.82, 2.24) is 14.9 Å². The lowest BCUT2D eigenvalue weighted by atomic mass is 9.96. The van der Waals surface area contributed by atoms with Crippen LogP contribution in [0.25, 0.3) is 11.0 Å². The number of hydrogen-bond donors (Lipinski definition) is 1. The fourth-order valence-electron chi connectivity index (χ4n) is 5.11. The summed E-state index contributed by atoms with van der Waals surface area (Å²) in [6, 6.07) is 15.0. The molecule has 2 aliphatic rings. The summed E-state index contributed by atoms with van der Waals surface area (Å²) in [5, 5.41) is 3.12. The van der Waals surface area contributed by atoms with Crippen molar-refractivity contribution in [3.8, 4) is 0 Å². The first-order valence-corrected chi connectivity index (χ1v) is 12.2. The maximum absolute atomic E-state index is 12.7. The number of para-hydroxylation sites is 2. The number of benzene rings is 2. The molecule has 3 heterocycles. The molecule has 0 spiro atoms. The van der Waals surface area contributed by atoms with Crippen molar-refractivity contribution in [1.29, 1.82) is 0 Å². The number of rotatable bonds is 6. The van der Waals surface area contributed by atoms with Gasteiger partial charge in [0.15, 0.2) is 0 Å². The van der Waals surface area contributed by atoms with Gasteiger partial charge < -0.3 is 19.5 Å². The highest BCUT2D eigenvalue weighted by atomic mass is 16.5. The number of anilines is 1. The Morgan fingerprint density at radius 2 is 1.94 bits per heavy atom. The quantitative estimate of drug-likeness (QED) is 0.616. The van der Waals surface area contributed by atoms with Gasteiger partial charge in [-0.05, 0) is 62.8 Å². The summed E-state index contributed by atoms with van der Waals surface area (Å²) in [4.78, 5) is 20.1. The van der Waals surface area contributed by atoms with Gasteiger partial charge in [-0.25, -0.2) is 4.98 Å². The van der Waals surface area contributed by atoms with Crippen molar-refractivity contribution >= 4 is 22.9 Å². The zero-order valence-electron chi connectivity index (χ0n) is 19.7. The molecule has 6 nitrogen and oxygen atoms in total. The second-order valence-corrected chi connectivity index (χ2v) is 9.56. The molecule has 1 N–H and O–H groups in total. The minimum atomic E-state index is 0.0690. The van der Waals surface area contributed by atoms with Crippen LogP contribution in [0.3, 0.4) is 0 Å². The van der Waals surface area contributed by atoms with Crippen molar-refractivity contribution in [2.45, 2.75) is 52.2 Å². The fraction of sp³-hybridized carbons (Fsp3) is 0.481. The second kappa shape index (κ2) is 9.56. The van der Waals surface area contributed by atoms with Crippen LogP contribution < -0.4 is 10.2 Å². The smallest absolute Gasteiger partial charge is 0.223 e. The minimum Gasteiger partial charge on any atom is -0.376 e. The molecule has 0 unspecified atom stereocenters. The number of piperidine rings is 1. The number of fused-ring (bicyclic) bond motifs is 1. The van der Waals surface area contributed by atoms with Crippen LogP contribution in [-0.2, 0) is 16.1 Å². The van der Waals surface area contributed by atoms with Gasteiger partial charge in [-0.2, -0.15) is 0 Å². The topological polar surface area (TPSA) is 59.4 Å². The van der Waals surface area contributed by atoms with Gasteiger partial charge in [0.25, 0.3) is 0 Å². The largest absolute Gasteiger partial charge is 0.376 e. The van der Waals surface area contributed by atoms with Gasteiger partial charge in [-0.3, -0.25) is 4.79 Å². The van der Waals surface area contributed by atoms with E-state index in [9.17, 15) is 4.79 Å². The highest BCUT2D eigenvalue weighted by molar-refractivity contribution is 5.80. The van der Waals surface area contributed by atoms with Crippen LogP contribution >= 0.6 is 0 Å². The average Bonchev–Trinajstić information content (AvgIpc) is 3.48. The molecule has 1 amide bonds. The van der Waals surface area contributed by atoms with E-state index in [1.807, 2.05) is 6.07 Å². The Morgan fingerprint density at radius 1 is 1.12 bits per heavy atom. The highest BCUT2D eigenvalue weighted by Crippen LogP contribution is 2.28. The van der Waals surface area contributed by atoms with Crippen molar-refractivity contribution in [2.24, 2.45) is 5.92 Å². The van der Waals surface area contributed by atoms with Gasteiger partial charge in [0.05, 0.1) is 23.7 Å². The van der Waals surface area contributed by atoms with E-state index in [4.69, 9.17) is 9.72 Å². The van der Waals surface area contributed by atoms with Crippen LogP contribution in [-0.4, -0.2) is 47.8 Å². The molecule has 2 aromatic carbocycles. The number of carbonyl (C=O) groups is 1. The molecule has 2 fully saturated rings. The Bertz CT molecular complexity index is 1120. The Morgan fingerprint density at radius 3 is 2.73 bits per heavy atom. The van der Waals surface area contributed by atoms with Crippen LogP contribution in [0.15, 0.2) is 42.5 Å². The van der Waals surface area contributed by atoms with Crippen molar-refractivity contribution in [3.63, 3.8) is 0 Å². The van der Waals surface area contributed by atoms with E-state index < -0.39 is 0 Å². The first-order chi connectivity index (χ1) is 16.1.